The van der Waals surface area contributed by atoms with Gasteiger partial charge in [0, 0.05) is 8.04 Å². The summed E-state index contributed by atoms with van der Waals surface area (Å²) in [5.41, 5.74) is 1.09. The Bertz CT molecular complexity index is 303. The third-order valence-corrected chi connectivity index (χ3v) is 2.78. The first-order valence-corrected chi connectivity index (χ1v) is 4.92. The molecule has 1 nitrogen and oxygen atoms in total. The van der Waals surface area contributed by atoms with Gasteiger partial charge in [0.2, 0.25) is 0 Å². The lowest BCUT2D eigenvalue weighted by molar-refractivity contribution is 1.24. The molecule has 0 aliphatic rings. The number of hydrogen-bond donors (Lipinski definition) is 0. The van der Waals surface area contributed by atoms with Crippen molar-refractivity contribution in [1.82, 2.24) is 0 Å². The minimum absolute atomic E-state index is 0.492. The van der Waals surface area contributed by atoms with Crippen molar-refractivity contribution in [2.75, 3.05) is 0 Å². The number of halogens is 2. The van der Waals surface area contributed by atoms with Gasteiger partial charge in [-0.05, 0) is 40.3 Å². The van der Waals surface area contributed by atoms with Crippen LogP contribution in [0.4, 0.5) is 0 Å². The van der Waals surface area contributed by atoms with E-state index in [0.717, 1.165) is 13.6 Å². The first-order valence-electron chi connectivity index (χ1n) is 3.05. The van der Waals surface area contributed by atoms with E-state index in [9.17, 15) is 0 Å². The molecule has 0 aliphatic carbocycles. The maximum absolute atomic E-state index is 8.45. The molecule has 1 aromatic carbocycles. The highest BCUT2D eigenvalue weighted by atomic mass is 127. The Kier molecular flexibility index (Phi) is 3.34. The van der Waals surface area contributed by atoms with Crippen LogP contribution in [0.2, 0.25) is 0 Å². The van der Waals surface area contributed by atoms with E-state index >= 15 is 0 Å². The molecule has 1 rings (SSSR count). The van der Waals surface area contributed by atoms with Crippen molar-refractivity contribution < 1.29 is 0 Å². The lowest BCUT2D eigenvalue weighted by Gasteiger charge is -1.98. The van der Waals surface area contributed by atoms with Gasteiger partial charge in [-0.25, -0.2) is 0 Å². The SMILES string of the molecule is N#CCc1ccc(Br)cc1I. The third-order valence-electron chi connectivity index (χ3n) is 1.28. The Morgan fingerprint density at radius 1 is 1.55 bits per heavy atom. The van der Waals surface area contributed by atoms with Gasteiger partial charge in [0.25, 0.3) is 0 Å². The van der Waals surface area contributed by atoms with E-state index in [0.29, 0.717) is 6.42 Å². The fourth-order valence-electron chi connectivity index (χ4n) is 0.750. The number of nitriles is 1. The van der Waals surface area contributed by atoms with Gasteiger partial charge < -0.3 is 0 Å². The molecule has 11 heavy (non-hydrogen) atoms. The largest absolute Gasteiger partial charge is 0.198 e. The molecule has 0 heterocycles. The Morgan fingerprint density at radius 2 is 2.27 bits per heavy atom. The molecule has 1 aromatic rings. The summed E-state index contributed by atoms with van der Waals surface area (Å²) in [5.74, 6) is 0. The van der Waals surface area contributed by atoms with Crippen LogP contribution in [0, 0.1) is 14.9 Å². The van der Waals surface area contributed by atoms with E-state index in [-0.39, 0.29) is 0 Å². The molecule has 0 atom stereocenters. The van der Waals surface area contributed by atoms with Crippen LogP contribution in [0.25, 0.3) is 0 Å². The Balaban J connectivity index is 3.01. The van der Waals surface area contributed by atoms with Crippen molar-refractivity contribution in [2.24, 2.45) is 0 Å². The van der Waals surface area contributed by atoms with Crippen LogP contribution in [0.15, 0.2) is 22.7 Å². The summed E-state index contributed by atoms with van der Waals surface area (Å²) in [6.45, 7) is 0. The van der Waals surface area contributed by atoms with Crippen molar-refractivity contribution in [3.8, 4) is 6.07 Å². The molecule has 0 unspecified atom stereocenters. The number of rotatable bonds is 1. The Morgan fingerprint density at radius 3 is 2.82 bits per heavy atom. The summed E-state index contributed by atoms with van der Waals surface area (Å²) in [4.78, 5) is 0. The molecule has 0 aromatic heterocycles. The molecule has 0 amide bonds. The normalized spacial score (nSPS) is 9.18. The summed E-state index contributed by atoms with van der Waals surface area (Å²) in [7, 11) is 0. The Labute approximate surface area is 87.7 Å². The highest BCUT2D eigenvalue weighted by molar-refractivity contribution is 14.1. The second-order valence-electron chi connectivity index (χ2n) is 2.07. The molecule has 0 fully saturated rings. The van der Waals surface area contributed by atoms with Gasteiger partial charge >= 0.3 is 0 Å². The van der Waals surface area contributed by atoms with Crippen LogP contribution in [-0.2, 0) is 6.42 Å². The van der Waals surface area contributed by atoms with E-state index < -0.39 is 0 Å². The summed E-state index contributed by atoms with van der Waals surface area (Å²) in [6, 6.07) is 8.05. The van der Waals surface area contributed by atoms with Gasteiger partial charge in [0.1, 0.15) is 0 Å². The van der Waals surface area contributed by atoms with E-state index in [1.165, 1.54) is 0 Å². The minimum atomic E-state index is 0.492. The predicted molar refractivity (Wildman–Crippen MR) is 56.2 cm³/mol. The molecular weight excluding hydrogens is 317 g/mol. The highest BCUT2D eigenvalue weighted by Gasteiger charge is 1.98. The minimum Gasteiger partial charge on any atom is -0.198 e. The molecule has 3 heteroatoms. The third kappa shape index (κ3) is 2.46. The summed E-state index contributed by atoms with van der Waals surface area (Å²) < 4.78 is 2.20. The maximum Gasteiger partial charge on any atom is 0.0670 e. The van der Waals surface area contributed by atoms with Gasteiger partial charge in [0.15, 0.2) is 0 Å². The van der Waals surface area contributed by atoms with Crippen LogP contribution >= 0.6 is 38.5 Å². The number of benzene rings is 1. The van der Waals surface area contributed by atoms with E-state index in [1.807, 2.05) is 18.2 Å². The average Bonchev–Trinajstić information content (AvgIpc) is 1.95. The molecule has 56 valence electrons. The fourth-order valence-corrected chi connectivity index (χ4v) is 2.25. The molecule has 0 radical (unpaired) electrons. The van der Waals surface area contributed by atoms with Crippen molar-refractivity contribution >= 4 is 38.5 Å². The smallest absolute Gasteiger partial charge is 0.0670 e. The van der Waals surface area contributed by atoms with Gasteiger partial charge in [0.05, 0.1) is 12.5 Å². The molecule has 0 saturated carbocycles. The second kappa shape index (κ2) is 4.07. The van der Waals surface area contributed by atoms with Crippen molar-refractivity contribution in [2.45, 2.75) is 6.42 Å². The average molecular weight is 322 g/mol. The monoisotopic (exact) mass is 321 g/mol. The van der Waals surface area contributed by atoms with Crippen LogP contribution in [-0.4, -0.2) is 0 Å². The van der Waals surface area contributed by atoms with Gasteiger partial charge in [-0.3, -0.25) is 0 Å². The van der Waals surface area contributed by atoms with Crippen molar-refractivity contribution in [3.63, 3.8) is 0 Å². The van der Waals surface area contributed by atoms with Crippen molar-refractivity contribution in [3.05, 3.63) is 31.8 Å². The van der Waals surface area contributed by atoms with Crippen molar-refractivity contribution in [1.29, 1.82) is 5.26 Å². The number of hydrogen-bond acceptors (Lipinski definition) is 1. The van der Waals surface area contributed by atoms with Crippen LogP contribution in [0.3, 0.4) is 0 Å². The molecular formula is C8H5BrIN. The predicted octanol–water partition coefficient (Wildman–Crippen LogP) is 3.12. The standard InChI is InChI=1S/C8H5BrIN/c9-7-2-1-6(3-4-11)8(10)5-7/h1-2,5H,3H2. The maximum atomic E-state index is 8.45. The van der Waals surface area contributed by atoms with Crippen LogP contribution in [0.5, 0.6) is 0 Å². The van der Waals surface area contributed by atoms with Gasteiger partial charge in [-0.1, -0.05) is 22.0 Å². The molecule has 0 aliphatic heterocycles. The Hall–Kier alpha value is -0.0800. The van der Waals surface area contributed by atoms with E-state index in [2.05, 4.69) is 44.6 Å². The zero-order valence-electron chi connectivity index (χ0n) is 5.64. The lowest BCUT2D eigenvalue weighted by Crippen LogP contribution is -1.85. The first-order chi connectivity index (χ1) is 5.24. The lowest BCUT2D eigenvalue weighted by atomic mass is 10.2. The van der Waals surface area contributed by atoms with Gasteiger partial charge in [-0.15, -0.1) is 0 Å². The van der Waals surface area contributed by atoms with Gasteiger partial charge in [-0.2, -0.15) is 5.26 Å². The first kappa shape index (κ1) is 9.01. The molecule has 0 spiro atoms. The van der Waals surface area contributed by atoms with E-state index in [4.69, 9.17) is 5.26 Å². The topological polar surface area (TPSA) is 23.8 Å². The zero-order chi connectivity index (χ0) is 8.27. The summed E-state index contributed by atoms with van der Waals surface area (Å²) in [5, 5.41) is 8.45. The molecule has 0 bridgehead atoms. The highest BCUT2D eigenvalue weighted by Crippen LogP contribution is 2.18. The zero-order valence-corrected chi connectivity index (χ0v) is 9.39. The quantitative estimate of drug-likeness (QED) is 0.729. The van der Waals surface area contributed by atoms with Crippen LogP contribution in [0.1, 0.15) is 5.56 Å². The van der Waals surface area contributed by atoms with E-state index in [1.54, 1.807) is 0 Å². The molecule has 0 N–H and O–H groups in total. The number of nitrogens with zero attached hydrogens (tertiary/aromatic N) is 1. The summed E-state index contributed by atoms with van der Waals surface area (Å²) >= 11 is 5.59. The summed E-state index contributed by atoms with van der Waals surface area (Å²) in [6.07, 6.45) is 0.492. The van der Waals surface area contributed by atoms with Crippen LogP contribution < -0.4 is 0 Å². The second-order valence-corrected chi connectivity index (χ2v) is 4.15. The molecule has 0 saturated heterocycles. The fraction of sp³-hybridized carbons (Fsp3) is 0.125.